The second-order valence-electron chi connectivity index (χ2n) is 6.64. The Labute approximate surface area is 161 Å². The molecule has 0 saturated heterocycles. The van der Waals surface area contributed by atoms with Gasteiger partial charge in [0.1, 0.15) is 5.82 Å². The van der Waals surface area contributed by atoms with E-state index in [1.807, 2.05) is 4.90 Å². The van der Waals surface area contributed by atoms with Crippen molar-refractivity contribution in [3.8, 4) is 0 Å². The third-order valence-electron chi connectivity index (χ3n) is 4.54. The molecule has 0 aliphatic heterocycles. The summed E-state index contributed by atoms with van der Waals surface area (Å²) in [6.45, 7) is 2.05. The molecule has 0 spiro atoms. The zero-order valence-corrected chi connectivity index (χ0v) is 15.5. The van der Waals surface area contributed by atoms with Crippen LogP contribution in [0.5, 0.6) is 0 Å². The molecule has 1 fully saturated rings. The molecule has 0 aromatic heterocycles. The van der Waals surface area contributed by atoms with E-state index >= 15 is 0 Å². The highest BCUT2D eigenvalue weighted by Crippen LogP contribution is 2.30. The first-order chi connectivity index (χ1) is 12.8. The number of carbonyl (C=O) groups is 1. The molecular formula is C19H19ClFN3O3. The number of carbonyl (C=O) groups excluding carboxylic acids is 1. The normalized spacial score (nSPS) is 13.6. The molecule has 1 amide bonds. The van der Waals surface area contributed by atoms with Crippen molar-refractivity contribution in [2.45, 2.75) is 32.4 Å². The fraction of sp³-hybridized carbons (Fsp3) is 0.316. The van der Waals surface area contributed by atoms with Crippen molar-refractivity contribution in [2.24, 2.45) is 0 Å². The highest BCUT2D eigenvalue weighted by Gasteiger charge is 2.31. The third kappa shape index (κ3) is 4.81. The van der Waals surface area contributed by atoms with Crippen molar-refractivity contribution in [3.05, 3.63) is 68.5 Å². The molecule has 2 aromatic rings. The van der Waals surface area contributed by atoms with Gasteiger partial charge >= 0.3 is 0 Å². The zero-order chi connectivity index (χ0) is 19.6. The van der Waals surface area contributed by atoms with Gasteiger partial charge in [-0.2, -0.15) is 0 Å². The van der Waals surface area contributed by atoms with Gasteiger partial charge in [0.25, 0.3) is 5.69 Å². The van der Waals surface area contributed by atoms with Crippen LogP contribution in [-0.4, -0.2) is 28.3 Å². The molecule has 1 aliphatic carbocycles. The van der Waals surface area contributed by atoms with Crippen LogP contribution in [0, 0.1) is 22.9 Å². The van der Waals surface area contributed by atoms with Gasteiger partial charge in [0.15, 0.2) is 0 Å². The smallest absolute Gasteiger partial charge is 0.271 e. The van der Waals surface area contributed by atoms with Crippen LogP contribution in [0.1, 0.15) is 24.0 Å². The van der Waals surface area contributed by atoms with Crippen molar-refractivity contribution in [3.63, 3.8) is 0 Å². The van der Waals surface area contributed by atoms with Gasteiger partial charge in [0.05, 0.1) is 17.2 Å². The Morgan fingerprint density at radius 1 is 1.37 bits per heavy atom. The number of nitrogens with zero attached hydrogens (tertiary/aromatic N) is 2. The van der Waals surface area contributed by atoms with Gasteiger partial charge in [0.2, 0.25) is 5.91 Å². The molecule has 1 aliphatic rings. The summed E-state index contributed by atoms with van der Waals surface area (Å²) in [6, 6.07) is 9.03. The Morgan fingerprint density at radius 2 is 2.11 bits per heavy atom. The molecule has 0 bridgehead atoms. The van der Waals surface area contributed by atoms with Gasteiger partial charge in [-0.25, -0.2) is 4.39 Å². The second kappa shape index (κ2) is 8.02. The summed E-state index contributed by atoms with van der Waals surface area (Å²) in [5.74, 6) is -0.707. The summed E-state index contributed by atoms with van der Waals surface area (Å²) < 4.78 is 14.1. The molecule has 27 heavy (non-hydrogen) atoms. The first-order valence-electron chi connectivity index (χ1n) is 8.57. The van der Waals surface area contributed by atoms with E-state index in [1.54, 1.807) is 25.1 Å². The SMILES string of the molecule is Cc1ccc([N+](=O)[O-])cc1NC(=O)CN(Cc1c(F)cccc1Cl)C1CC1. The molecule has 6 nitrogen and oxygen atoms in total. The molecule has 8 heteroatoms. The van der Waals surface area contributed by atoms with E-state index in [-0.39, 0.29) is 30.7 Å². The van der Waals surface area contributed by atoms with Gasteiger partial charge in [0, 0.05) is 35.3 Å². The molecule has 1 saturated carbocycles. The molecule has 3 rings (SSSR count). The molecular weight excluding hydrogens is 373 g/mol. The number of halogens is 2. The summed E-state index contributed by atoms with van der Waals surface area (Å²) >= 11 is 6.10. The minimum atomic E-state index is -0.508. The highest BCUT2D eigenvalue weighted by atomic mass is 35.5. The number of aryl methyl sites for hydroxylation is 1. The molecule has 0 radical (unpaired) electrons. The average molecular weight is 392 g/mol. The van der Waals surface area contributed by atoms with Crippen LogP contribution in [0.3, 0.4) is 0 Å². The van der Waals surface area contributed by atoms with Crippen LogP contribution >= 0.6 is 11.6 Å². The summed E-state index contributed by atoms with van der Waals surface area (Å²) in [5.41, 5.74) is 1.40. The lowest BCUT2D eigenvalue weighted by Crippen LogP contribution is -2.35. The maximum Gasteiger partial charge on any atom is 0.271 e. The number of hydrogen-bond acceptors (Lipinski definition) is 4. The monoisotopic (exact) mass is 391 g/mol. The molecule has 0 heterocycles. The van der Waals surface area contributed by atoms with E-state index in [4.69, 9.17) is 11.6 Å². The van der Waals surface area contributed by atoms with Gasteiger partial charge in [-0.15, -0.1) is 0 Å². The highest BCUT2D eigenvalue weighted by molar-refractivity contribution is 6.31. The lowest BCUT2D eigenvalue weighted by Gasteiger charge is -2.22. The predicted octanol–water partition coefficient (Wildman–Crippen LogP) is 4.30. The number of nitro groups is 1. The van der Waals surface area contributed by atoms with Gasteiger partial charge < -0.3 is 5.32 Å². The Bertz CT molecular complexity index is 866. The minimum absolute atomic E-state index is 0.0530. The van der Waals surface area contributed by atoms with Crippen LogP contribution in [0.15, 0.2) is 36.4 Å². The predicted molar refractivity (Wildman–Crippen MR) is 101 cm³/mol. The maximum atomic E-state index is 14.1. The summed E-state index contributed by atoms with van der Waals surface area (Å²) in [7, 11) is 0. The van der Waals surface area contributed by atoms with Gasteiger partial charge in [-0.05, 0) is 37.5 Å². The van der Waals surface area contributed by atoms with E-state index in [1.165, 1.54) is 18.2 Å². The lowest BCUT2D eigenvalue weighted by molar-refractivity contribution is -0.384. The average Bonchev–Trinajstić information content (AvgIpc) is 3.44. The minimum Gasteiger partial charge on any atom is -0.324 e. The van der Waals surface area contributed by atoms with Crippen molar-refractivity contribution >= 4 is 28.9 Å². The Morgan fingerprint density at radius 3 is 2.74 bits per heavy atom. The number of benzene rings is 2. The van der Waals surface area contributed by atoms with Crippen molar-refractivity contribution in [1.29, 1.82) is 0 Å². The largest absolute Gasteiger partial charge is 0.324 e. The summed E-state index contributed by atoms with van der Waals surface area (Å²) in [6.07, 6.45) is 1.88. The quantitative estimate of drug-likeness (QED) is 0.564. The fourth-order valence-electron chi connectivity index (χ4n) is 2.87. The number of nitro benzene ring substituents is 1. The van der Waals surface area contributed by atoms with Crippen LogP contribution in [0.2, 0.25) is 5.02 Å². The molecule has 0 atom stereocenters. The van der Waals surface area contributed by atoms with E-state index in [2.05, 4.69) is 5.32 Å². The second-order valence-corrected chi connectivity index (χ2v) is 7.05. The number of anilines is 1. The zero-order valence-electron chi connectivity index (χ0n) is 14.7. The Balaban J connectivity index is 1.71. The number of hydrogen-bond donors (Lipinski definition) is 1. The van der Waals surface area contributed by atoms with E-state index in [0.717, 1.165) is 18.4 Å². The van der Waals surface area contributed by atoms with Crippen molar-refractivity contribution in [1.82, 2.24) is 4.90 Å². The maximum absolute atomic E-state index is 14.1. The summed E-state index contributed by atoms with van der Waals surface area (Å²) in [5, 5.41) is 14.0. The first kappa shape index (κ1) is 19.3. The fourth-order valence-corrected chi connectivity index (χ4v) is 3.10. The van der Waals surface area contributed by atoms with Gasteiger partial charge in [-0.1, -0.05) is 23.7 Å². The number of non-ortho nitro benzene ring substituents is 1. The van der Waals surface area contributed by atoms with Crippen molar-refractivity contribution in [2.75, 3.05) is 11.9 Å². The molecule has 142 valence electrons. The third-order valence-corrected chi connectivity index (χ3v) is 4.89. The van der Waals surface area contributed by atoms with E-state index in [9.17, 15) is 19.3 Å². The van der Waals surface area contributed by atoms with E-state index in [0.29, 0.717) is 16.3 Å². The van der Waals surface area contributed by atoms with Crippen LogP contribution in [-0.2, 0) is 11.3 Å². The number of nitrogens with one attached hydrogen (secondary N) is 1. The first-order valence-corrected chi connectivity index (χ1v) is 8.95. The summed E-state index contributed by atoms with van der Waals surface area (Å²) in [4.78, 5) is 24.8. The topological polar surface area (TPSA) is 75.5 Å². The molecule has 2 aromatic carbocycles. The Kier molecular flexibility index (Phi) is 5.72. The van der Waals surface area contributed by atoms with Crippen molar-refractivity contribution < 1.29 is 14.1 Å². The van der Waals surface area contributed by atoms with Crippen LogP contribution < -0.4 is 5.32 Å². The number of amides is 1. The standard InChI is InChI=1S/C19H19ClFN3O3/c1-12-5-6-14(24(26)27)9-18(12)22-19(25)11-23(13-7-8-13)10-15-16(20)3-2-4-17(15)21/h2-6,9,13H,7-8,10-11H2,1H3,(H,22,25). The van der Waals surface area contributed by atoms with Gasteiger partial charge in [-0.3, -0.25) is 19.8 Å². The number of rotatable bonds is 7. The molecule has 0 unspecified atom stereocenters. The van der Waals surface area contributed by atoms with Crippen LogP contribution in [0.4, 0.5) is 15.8 Å². The Hall–Kier alpha value is -2.51. The van der Waals surface area contributed by atoms with Crippen LogP contribution in [0.25, 0.3) is 0 Å². The molecule has 1 N–H and O–H groups in total. The van der Waals surface area contributed by atoms with E-state index < -0.39 is 10.7 Å². The lowest BCUT2D eigenvalue weighted by atomic mass is 10.1.